The van der Waals surface area contributed by atoms with Crippen LogP contribution in [0, 0.1) is 6.92 Å². The first-order valence-corrected chi connectivity index (χ1v) is 7.77. The van der Waals surface area contributed by atoms with Gasteiger partial charge >= 0.3 is 0 Å². The quantitative estimate of drug-likeness (QED) is 0.729. The molecule has 0 aromatic heterocycles. The summed E-state index contributed by atoms with van der Waals surface area (Å²) in [6, 6.07) is 5.69. The van der Waals surface area contributed by atoms with Crippen LogP contribution in [-0.4, -0.2) is 43.0 Å². The number of aldehydes is 1. The minimum atomic E-state index is -0.318. The highest BCUT2D eigenvalue weighted by atomic mass is 79.9. The molecule has 0 radical (unpaired) electrons. The molecule has 1 unspecified atom stereocenters. The monoisotopic (exact) mass is 384 g/mol. The van der Waals surface area contributed by atoms with Crippen LogP contribution in [0.1, 0.15) is 35.7 Å². The third-order valence-electron chi connectivity index (χ3n) is 3.26. The summed E-state index contributed by atoms with van der Waals surface area (Å²) < 4.78 is 0.863. The van der Waals surface area contributed by atoms with Crippen molar-refractivity contribution in [3.05, 3.63) is 33.8 Å². The van der Waals surface area contributed by atoms with Crippen molar-refractivity contribution in [3.63, 3.8) is 0 Å². The Morgan fingerprint density at radius 1 is 1.35 bits per heavy atom. The summed E-state index contributed by atoms with van der Waals surface area (Å²) >= 11 is 3.28. The van der Waals surface area contributed by atoms with Crippen LogP contribution in [0.3, 0.4) is 0 Å². The largest absolute Gasteiger partial charge is 0.346 e. The predicted octanol–water partition coefficient (Wildman–Crippen LogP) is 2.09. The number of rotatable bonds is 7. The molecule has 1 aromatic rings. The van der Waals surface area contributed by atoms with Crippen molar-refractivity contribution >= 4 is 40.9 Å². The van der Waals surface area contributed by atoms with Crippen LogP contribution < -0.4 is 5.32 Å². The van der Waals surface area contributed by atoms with Gasteiger partial charge in [-0.3, -0.25) is 24.5 Å². The molecule has 126 valence electrons. The van der Waals surface area contributed by atoms with Gasteiger partial charge in [-0.1, -0.05) is 28.1 Å². The summed E-state index contributed by atoms with van der Waals surface area (Å²) in [7, 11) is 1.65. The second-order valence-electron chi connectivity index (χ2n) is 4.93. The molecule has 1 atom stereocenters. The van der Waals surface area contributed by atoms with Crippen LogP contribution in [0.25, 0.3) is 0 Å². The Hall–Kier alpha value is -2.02. The van der Waals surface area contributed by atoms with Crippen molar-refractivity contribution in [3.8, 4) is 0 Å². The summed E-state index contributed by atoms with van der Waals surface area (Å²) in [5.74, 6) is -0.318. The van der Waals surface area contributed by atoms with E-state index in [0.717, 1.165) is 21.9 Å². The first-order chi connectivity index (χ1) is 10.9. The van der Waals surface area contributed by atoms with Crippen molar-refractivity contribution in [1.29, 1.82) is 0 Å². The summed E-state index contributed by atoms with van der Waals surface area (Å²) in [4.78, 5) is 42.8. The lowest BCUT2D eigenvalue weighted by atomic mass is 10.1. The maximum absolute atomic E-state index is 10.8. The summed E-state index contributed by atoms with van der Waals surface area (Å²) in [6.45, 7) is 3.75. The number of hydrogen-bond donors (Lipinski definition) is 1. The van der Waals surface area contributed by atoms with Crippen molar-refractivity contribution in [2.75, 3.05) is 7.05 Å². The van der Waals surface area contributed by atoms with Crippen LogP contribution in [0.2, 0.25) is 0 Å². The summed E-state index contributed by atoms with van der Waals surface area (Å²) in [5.41, 5.74) is 1.74. The minimum Gasteiger partial charge on any atom is -0.346 e. The topological polar surface area (TPSA) is 83.6 Å². The Kier molecular flexibility index (Phi) is 10.5. The molecule has 0 heterocycles. The van der Waals surface area contributed by atoms with Crippen LogP contribution >= 0.6 is 15.9 Å². The standard InChI is InChI=1S/C8H7BrO.C8H14N2O3/c1-6-3-2-4-8(9)7(6)5-10;1-7(10(2)6-12)3-4-8(13)9-5-11/h2-5H,1H3;5-7H,3-4H2,1-2H3,(H,9,11,13). The average Bonchev–Trinajstić information content (AvgIpc) is 2.53. The zero-order valence-corrected chi connectivity index (χ0v) is 15.0. The van der Waals surface area contributed by atoms with Crippen LogP contribution in [0.4, 0.5) is 0 Å². The van der Waals surface area contributed by atoms with Gasteiger partial charge in [0.2, 0.25) is 18.7 Å². The number of aryl methyl sites for hydroxylation is 1. The zero-order chi connectivity index (χ0) is 17.8. The third kappa shape index (κ3) is 8.25. The Bertz CT molecular complexity index is 529. The SMILES string of the molecule is CC(CCC(=O)NC=O)N(C)C=O.Cc1cccc(Br)c1C=O. The van der Waals surface area contributed by atoms with Gasteiger partial charge in [0.25, 0.3) is 0 Å². The fourth-order valence-electron chi connectivity index (χ4n) is 1.58. The van der Waals surface area contributed by atoms with E-state index in [9.17, 15) is 19.2 Å². The van der Waals surface area contributed by atoms with Crippen LogP contribution in [-0.2, 0) is 14.4 Å². The van der Waals surface area contributed by atoms with E-state index in [1.807, 2.05) is 37.4 Å². The van der Waals surface area contributed by atoms with Gasteiger partial charge in [0.1, 0.15) is 0 Å². The van der Waals surface area contributed by atoms with E-state index in [2.05, 4.69) is 15.9 Å². The molecule has 7 heteroatoms. The normalized spacial score (nSPS) is 10.6. The molecule has 0 saturated carbocycles. The van der Waals surface area contributed by atoms with Crippen molar-refractivity contribution < 1.29 is 19.2 Å². The zero-order valence-electron chi connectivity index (χ0n) is 13.4. The molecule has 0 fully saturated rings. The lowest BCUT2D eigenvalue weighted by molar-refractivity contribution is -0.126. The fourth-order valence-corrected chi connectivity index (χ4v) is 2.14. The molecule has 3 amide bonds. The van der Waals surface area contributed by atoms with E-state index in [1.54, 1.807) is 7.05 Å². The summed E-state index contributed by atoms with van der Waals surface area (Å²) in [5, 5.41) is 2.03. The van der Waals surface area contributed by atoms with E-state index >= 15 is 0 Å². The number of nitrogens with one attached hydrogen (secondary N) is 1. The maximum Gasteiger partial charge on any atom is 0.226 e. The highest BCUT2D eigenvalue weighted by Crippen LogP contribution is 2.17. The van der Waals surface area contributed by atoms with E-state index in [4.69, 9.17) is 0 Å². The minimum absolute atomic E-state index is 0.00917. The van der Waals surface area contributed by atoms with Gasteiger partial charge in [0.05, 0.1) is 0 Å². The highest BCUT2D eigenvalue weighted by molar-refractivity contribution is 9.10. The van der Waals surface area contributed by atoms with Gasteiger partial charge < -0.3 is 4.90 Å². The lowest BCUT2D eigenvalue weighted by Gasteiger charge is -2.19. The highest BCUT2D eigenvalue weighted by Gasteiger charge is 2.08. The van der Waals surface area contributed by atoms with Gasteiger partial charge in [-0.15, -0.1) is 0 Å². The first kappa shape index (κ1) is 21.0. The van der Waals surface area contributed by atoms with E-state index in [-0.39, 0.29) is 18.4 Å². The van der Waals surface area contributed by atoms with E-state index in [0.29, 0.717) is 19.2 Å². The number of imide groups is 1. The Labute approximate surface area is 144 Å². The van der Waals surface area contributed by atoms with Gasteiger partial charge in [-0.05, 0) is 31.9 Å². The molecule has 0 aliphatic rings. The number of amides is 3. The predicted molar refractivity (Wildman–Crippen MR) is 91.0 cm³/mol. The van der Waals surface area contributed by atoms with Gasteiger partial charge in [0, 0.05) is 29.5 Å². The third-order valence-corrected chi connectivity index (χ3v) is 3.95. The van der Waals surface area contributed by atoms with Gasteiger partial charge in [0.15, 0.2) is 6.29 Å². The molecule has 1 rings (SSSR count). The number of benzene rings is 1. The Morgan fingerprint density at radius 2 is 2.00 bits per heavy atom. The Balaban J connectivity index is 0.000000433. The molecule has 0 spiro atoms. The van der Waals surface area contributed by atoms with Crippen LogP contribution in [0.5, 0.6) is 0 Å². The number of hydrogen-bond acceptors (Lipinski definition) is 4. The molecule has 1 N–H and O–H groups in total. The van der Waals surface area contributed by atoms with E-state index in [1.165, 1.54) is 4.90 Å². The number of nitrogens with zero attached hydrogens (tertiary/aromatic N) is 1. The molecule has 0 aliphatic heterocycles. The molecule has 0 saturated heterocycles. The molecular formula is C16H21BrN2O4. The smallest absolute Gasteiger partial charge is 0.226 e. The molecule has 6 nitrogen and oxygen atoms in total. The second kappa shape index (κ2) is 11.5. The number of carbonyl (C=O) groups is 4. The number of carbonyl (C=O) groups excluding carboxylic acids is 4. The lowest BCUT2D eigenvalue weighted by Crippen LogP contribution is -2.30. The van der Waals surface area contributed by atoms with Crippen molar-refractivity contribution in [2.45, 2.75) is 32.7 Å². The van der Waals surface area contributed by atoms with E-state index < -0.39 is 0 Å². The van der Waals surface area contributed by atoms with Gasteiger partial charge in [-0.25, -0.2) is 0 Å². The van der Waals surface area contributed by atoms with Gasteiger partial charge in [-0.2, -0.15) is 0 Å². The Morgan fingerprint density at radius 3 is 2.43 bits per heavy atom. The number of halogens is 1. The van der Waals surface area contributed by atoms with Crippen molar-refractivity contribution in [1.82, 2.24) is 10.2 Å². The molecule has 23 heavy (non-hydrogen) atoms. The van der Waals surface area contributed by atoms with Crippen LogP contribution in [0.15, 0.2) is 22.7 Å². The molecule has 0 bridgehead atoms. The molecule has 1 aromatic carbocycles. The molecular weight excluding hydrogens is 364 g/mol. The maximum atomic E-state index is 10.8. The average molecular weight is 385 g/mol. The first-order valence-electron chi connectivity index (χ1n) is 6.97. The summed E-state index contributed by atoms with van der Waals surface area (Å²) in [6.07, 6.45) is 2.73. The fraction of sp³-hybridized carbons (Fsp3) is 0.375. The second-order valence-corrected chi connectivity index (χ2v) is 5.79. The van der Waals surface area contributed by atoms with Crippen molar-refractivity contribution in [2.24, 2.45) is 0 Å². The molecule has 0 aliphatic carbocycles.